The Morgan fingerprint density at radius 2 is 2.11 bits per heavy atom. The van der Waals surface area contributed by atoms with Crippen molar-refractivity contribution >= 4 is 23.2 Å². The number of hydrogen-bond donors (Lipinski definition) is 1. The molecule has 0 spiro atoms. The quantitative estimate of drug-likeness (QED) is 0.505. The fraction of sp³-hybridized carbons (Fsp3) is 0.176. The van der Waals surface area contributed by atoms with Crippen molar-refractivity contribution in [2.75, 3.05) is 7.11 Å². The van der Waals surface area contributed by atoms with E-state index >= 15 is 0 Å². The van der Waals surface area contributed by atoms with Gasteiger partial charge in [0.1, 0.15) is 12.1 Å². The summed E-state index contributed by atoms with van der Waals surface area (Å²) in [4.78, 5) is 12.0. The zero-order valence-electron chi connectivity index (χ0n) is 14.2. The molecular weight excluding hydrogens is 360 g/mol. The van der Waals surface area contributed by atoms with E-state index in [9.17, 15) is 13.6 Å². The van der Waals surface area contributed by atoms with Gasteiger partial charge in [0.25, 0.3) is 5.91 Å². The van der Waals surface area contributed by atoms with Crippen molar-refractivity contribution in [1.82, 2.24) is 20.4 Å². The second-order valence-electron chi connectivity index (χ2n) is 5.29. The number of hydrogen-bond acceptors (Lipinski definition) is 6. The van der Waals surface area contributed by atoms with Gasteiger partial charge in [-0.05, 0) is 24.3 Å². The molecule has 1 N–H and O–H groups in total. The summed E-state index contributed by atoms with van der Waals surface area (Å²) in [6.07, 6.45) is 1.19. The number of carbonyl (C=O) groups excluding carboxylic acids is 1. The summed E-state index contributed by atoms with van der Waals surface area (Å²) in [5.74, 6) is -0.504. The van der Waals surface area contributed by atoms with Crippen LogP contribution in [0.3, 0.4) is 0 Å². The highest BCUT2D eigenvalue weighted by molar-refractivity contribution is 5.86. The minimum Gasteiger partial charge on any atom is -0.493 e. The van der Waals surface area contributed by atoms with E-state index in [-0.39, 0.29) is 23.6 Å². The molecule has 27 heavy (non-hydrogen) atoms. The first-order chi connectivity index (χ1) is 13.1. The Hall–Kier alpha value is -3.56. The Balaban J connectivity index is 1.69. The van der Waals surface area contributed by atoms with Crippen molar-refractivity contribution in [3.8, 4) is 11.5 Å². The lowest BCUT2D eigenvalue weighted by atomic mass is 10.2. The number of para-hydroxylation sites is 2. The molecule has 0 unspecified atom stereocenters. The molecule has 0 aliphatic carbocycles. The summed E-state index contributed by atoms with van der Waals surface area (Å²) in [5.41, 5.74) is 3.90. The lowest BCUT2D eigenvalue weighted by molar-refractivity contribution is -0.121. The molecular formula is C17H15F2N5O3. The van der Waals surface area contributed by atoms with Crippen molar-refractivity contribution in [3.63, 3.8) is 0 Å². The highest BCUT2D eigenvalue weighted by atomic mass is 19.3. The zero-order valence-corrected chi connectivity index (χ0v) is 14.2. The third-order valence-electron chi connectivity index (χ3n) is 3.54. The van der Waals surface area contributed by atoms with E-state index in [0.29, 0.717) is 11.0 Å². The highest BCUT2D eigenvalue weighted by Gasteiger charge is 2.14. The number of hydrazone groups is 1. The van der Waals surface area contributed by atoms with Crippen LogP contribution in [0.15, 0.2) is 47.6 Å². The van der Waals surface area contributed by atoms with E-state index < -0.39 is 12.5 Å². The topological polar surface area (TPSA) is 90.6 Å². The number of nitrogens with zero attached hydrogens (tertiary/aromatic N) is 4. The van der Waals surface area contributed by atoms with E-state index in [1.54, 1.807) is 18.2 Å². The molecule has 0 fully saturated rings. The van der Waals surface area contributed by atoms with Gasteiger partial charge in [-0.15, -0.1) is 5.10 Å². The lowest BCUT2D eigenvalue weighted by Crippen LogP contribution is -2.23. The van der Waals surface area contributed by atoms with Gasteiger partial charge in [0.05, 0.1) is 18.8 Å². The molecule has 0 atom stereocenters. The van der Waals surface area contributed by atoms with Crippen LogP contribution >= 0.6 is 0 Å². The highest BCUT2D eigenvalue weighted by Crippen LogP contribution is 2.31. The molecule has 10 heteroatoms. The molecule has 1 amide bonds. The fourth-order valence-electron chi connectivity index (χ4n) is 2.39. The molecule has 0 bridgehead atoms. The van der Waals surface area contributed by atoms with Gasteiger partial charge in [0.15, 0.2) is 11.5 Å². The number of benzene rings is 2. The summed E-state index contributed by atoms with van der Waals surface area (Å²) in [5, 5.41) is 11.6. The van der Waals surface area contributed by atoms with E-state index in [1.807, 2.05) is 12.1 Å². The van der Waals surface area contributed by atoms with E-state index in [0.717, 1.165) is 0 Å². The Morgan fingerprint density at radius 1 is 1.30 bits per heavy atom. The third-order valence-corrected chi connectivity index (χ3v) is 3.54. The van der Waals surface area contributed by atoms with E-state index in [2.05, 4.69) is 25.6 Å². The van der Waals surface area contributed by atoms with Crippen LogP contribution in [-0.2, 0) is 11.3 Å². The Morgan fingerprint density at radius 3 is 2.89 bits per heavy atom. The van der Waals surface area contributed by atoms with Gasteiger partial charge in [-0.1, -0.05) is 23.4 Å². The van der Waals surface area contributed by atoms with Crippen LogP contribution < -0.4 is 14.9 Å². The number of halogens is 2. The second-order valence-corrected chi connectivity index (χ2v) is 5.29. The summed E-state index contributed by atoms with van der Waals surface area (Å²) in [6, 6.07) is 11.8. The van der Waals surface area contributed by atoms with E-state index in [1.165, 1.54) is 30.1 Å². The van der Waals surface area contributed by atoms with Crippen LogP contribution in [0.25, 0.3) is 11.0 Å². The first-order valence-corrected chi connectivity index (χ1v) is 7.80. The van der Waals surface area contributed by atoms with Gasteiger partial charge in [0, 0.05) is 5.56 Å². The monoisotopic (exact) mass is 375 g/mol. The first-order valence-electron chi connectivity index (χ1n) is 7.80. The van der Waals surface area contributed by atoms with Gasteiger partial charge >= 0.3 is 6.61 Å². The Kier molecular flexibility index (Phi) is 5.55. The molecule has 0 aliphatic heterocycles. The first kappa shape index (κ1) is 18.2. The summed E-state index contributed by atoms with van der Waals surface area (Å²) in [6.45, 7) is -3.13. The molecule has 3 aromatic rings. The van der Waals surface area contributed by atoms with Crippen molar-refractivity contribution in [1.29, 1.82) is 0 Å². The SMILES string of the molecule is COc1cccc(/C=N\NC(=O)Cn2nnc3ccccc32)c1OC(F)F. The maximum Gasteiger partial charge on any atom is 0.387 e. The number of fused-ring (bicyclic) bond motifs is 1. The largest absolute Gasteiger partial charge is 0.493 e. The van der Waals surface area contributed by atoms with Crippen LogP contribution in [-0.4, -0.2) is 40.8 Å². The summed E-state index contributed by atoms with van der Waals surface area (Å²) < 4.78 is 36.1. The Labute approximate surface area is 152 Å². The number of aromatic nitrogens is 3. The van der Waals surface area contributed by atoms with Crippen LogP contribution in [0, 0.1) is 0 Å². The predicted molar refractivity (Wildman–Crippen MR) is 92.9 cm³/mol. The summed E-state index contributed by atoms with van der Waals surface area (Å²) >= 11 is 0. The molecule has 0 aliphatic rings. The molecule has 3 rings (SSSR count). The average Bonchev–Trinajstić information content (AvgIpc) is 3.05. The number of methoxy groups -OCH3 is 1. The number of rotatable bonds is 7. The zero-order chi connectivity index (χ0) is 19.2. The van der Waals surface area contributed by atoms with Crippen molar-refractivity contribution in [3.05, 3.63) is 48.0 Å². The maximum absolute atomic E-state index is 12.6. The molecule has 0 radical (unpaired) electrons. The van der Waals surface area contributed by atoms with Gasteiger partial charge in [-0.2, -0.15) is 13.9 Å². The normalized spacial score (nSPS) is 11.3. The lowest BCUT2D eigenvalue weighted by Gasteiger charge is -2.11. The van der Waals surface area contributed by atoms with Crippen molar-refractivity contribution in [2.24, 2.45) is 5.10 Å². The molecule has 0 saturated carbocycles. The molecule has 1 heterocycles. The van der Waals surface area contributed by atoms with Gasteiger partial charge in [-0.25, -0.2) is 10.1 Å². The predicted octanol–water partition coefficient (Wildman–Crippen LogP) is 2.19. The second kappa shape index (κ2) is 8.21. The van der Waals surface area contributed by atoms with Crippen LogP contribution in [0.5, 0.6) is 11.5 Å². The van der Waals surface area contributed by atoms with Crippen LogP contribution in [0.4, 0.5) is 8.78 Å². The number of ether oxygens (including phenoxy) is 2. The fourth-order valence-corrected chi connectivity index (χ4v) is 2.39. The minimum absolute atomic E-state index is 0.101. The molecule has 0 saturated heterocycles. The standard InChI is InChI=1S/C17H15F2N5O3/c1-26-14-8-4-5-11(16(14)27-17(18)19)9-20-22-15(25)10-24-13-7-3-2-6-12(13)21-23-24/h2-9,17H,10H2,1H3,(H,22,25)/b20-9-. The smallest absolute Gasteiger partial charge is 0.387 e. The number of alkyl halides is 2. The maximum atomic E-state index is 12.6. The minimum atomic E-state index is -3.02. The Bertz CT molecular complexity index is 974. The van der Waals surface area contributed by atoms with Gasteiger partial charge in [-0.3, -0.25) is 4.79 Å². The molecule has 1 aromatic heterocycles. The average molecular weight is 375 g/mol. The van der Waals surface area contributed by atoms with Crippen LogP contribution in [0.1, 0.15) is 5.56 Å². The molecule has 140 valence electrons. The number of carbonyl (C=O) groups is 1. The van der Waals surface area contributed by atoms with Crippen molar-refractivity contribution < 1.29 is 23.0 Å². The number of nitrogens with one attached hydrogen (secondary N) is 1. The summed E-state index contributed by atoms with van der Waals surface area (Å²) in [7, 11) is 1.33. The third kappa shape index (κ3) is 4.35. The van der Waals surface area contributed by atoms with E-state index in [4.69, 9.17) is 4.74 Å². The van der Waals surface area contributed by atoms with Crippen LogP contribution in [0.2, 0.25) is 0 Å². The molecule has 8 nitrogen and oxygen atoms in total. The molecule has 2 aromatic carbocycles. The number of amides is 1. The van der Waals surface area contributed by atoms with Crippen molar-refractivity contribution in [2.45, 2.75) is 13.2 Å². The van der Waals surface area contributed by atoms with Gasteiger partial charge in [0.2, 0.25) is 0 Å². The van der Waals surface area contributed by atoms with Gasteiger partial charge < -0.3 is 9.47 Å².